The molecule has 6 heteroatoms. The van der Waals surface area contributed by atoms with Gasteiger partial charge in [-0.2, -0.15) is 0 Å². The van der Waals surface area contributed by atoms with Crippen LogP contribution in [-0.2, 0) is 0 Å². The third-order valence-corrected chi connectivity index (χ3v) is 18.5. The minimum atomic E-state index is 0.852. The molecule has 6 aromatic heterocycles. The van der Waals surface area contributed by atoms with E-state index in [1.807, 2.05) is 12.1 Å². The molecule has 6 nitrogen and oxygen atoms in total. The van der Waals surface area contributed by atoms with Crippen LogP contribution in [0.2, 0.25) is 0 Å². The molecule has 6 heterocycles. The first-order chi connectivity index (χ1) is 42.5. The highest BCUT2D eigenvalue weighted by atomic mass is 16.3. The average molecular weight is 1100 g/mol. The molecule has 0 radical (unpaired) electrons. The van der Waals surface area contributed by atoms with E-state index in [-0.39, 0.29) is 0 Å². The van der Waals surface area contributed by atoms with Crippen molar-refractivity contribution < 1.29 is 8.83 Å². The fourth-order valence-electron chi connectivity index (χ4n) is 14.8. The minimum Gasteiger partial charge on any atom is -0.454 e. The summed E-state index contributed by atoms with van der Waals surface area (Å²) in [5, 5.41) is 14.1. The Bertz CT molecular complexity index is 5600. The number of para-hydroxylation sites is 6. The predicted molar refractivity (Wildman–Crippen MR) is 360 cm³/mol. The number of aryl methyl sites for hydroxylation is 2. The van der Waals surface area contributed by atoms with Crippen LogP contribution >= 0.6 is 0 Å². The molecular formula is C80H50N4O2. The molecule has 0 spiro atoms. The zero-order chi connectivity index (χ0) is 56.5. The second-order valence-electron chi connectivity index (χ2n) is 23.3. The Labute approximate surface area is 493 Å². The molecule has 0 N–H and O–H groups in total. The van der Waals surface area contributed by atoms with Crippen LogP contribution in [0.15, 0.2) is 276 Å². The highest BCUT2D eigenvalue weighted by Gasteiger charge is 2.32. The van der Waals surface area contributed by atoms with Gasteiger partial charge in [-0.25, -0.2) is 0 Å². The van der Waals surface area contributed by atoms with E-state index in [2.05, 4.69) is 287 Å². The van der Waals surface area contributed by atoms with Crippen LogP contribution in [0.5, 0.6) is 0 Å². The summed E-state index contributed by atoms with van der Waals surface area (Å²) < 4.78 is 18.9. The summed E-state index contributed by atoms with van der Waals surface area (Å²) in [6.45, 7) is 4.30. The fraction of sp³-hybridized carbons (Fsp3) is 0.0250. The van der Waals surface area contributed by atoms with Gasteiger partial charge in [-0.1, -0.05) is 205 Å². The molecule has 402 valence electrons. The van der Waals surface area contributed by atoms with E-state index in [1.54, 1.807) is 0 Å². The van der Waals surface area contributed by atoms with Gasteiger partial charge in [-0.15, -0.1) is 0 Å². The maximum Gasteiger partial charge on any atom is 0.159 e. The van der Waals surface area contributed by atoms with Gasteiger partial charge in [0.05, 0.1) is 44.5 Å². The molecule has 0 aliphatic rings. The number of aromatic nitrogens is 2. The van der Waals surface area contributed by atoms with Gasteiger partial charge >= 0.3 is 0 Å². The van der Waals surface area contributed by atoms with Gasteiger partial charge in [0.1, 0.15) is 11.2 Å². The summed E-state index contributed by atoms with van der Waals surface area (Å²) in [4.78, 5) is 4.76. The SMILES string of the molecule is Cc1ccc(N(c2ccc3c4cccc5c6c(-c7ccccc7)c7c(c(-c8ccccc8)c6n(c3c2)c45)c2cccc3c4ccc(N(c5ccc(C)cc5)c5cccc6c5oc5ccccc56)cc4n7c32)c2cccc3c2oc2ccccc23)cc1. The molecule has 0 amide bonds. The normalized spacial score (nSPS) is 12.3. The van der Waals surface area contributed by atoms with E-state index >= 15 is 0 Å². The maximum absolute atomic E-state index is 6.83. The lowest BCUT2D eigenvalue weighted by Gasteiger charge is -2.26. The number of furan rings is 2. The quantitative estimate of drug-likeness (QED) is 0.152. The Kier molecular flexibility index (Phi) is 9.65. The summed E-state index contributed by atoms with van der Waals surface area (Å²) >= 11 is 0. The van der Waals surface area contributed by atoms with Gasteiger partial charge in [0.15, 0.2) is 11.2 Å². The van der Waals surface area contributed by atoms with Crippen LogP contribution < -0.4 is 9.80 Å². The average Bonchev–Trinajstić information content (AvgIpc) is 1.54. The smallest absolute Gasteiger partial charge is 0.159 e. The van der Waals surface area contributed by atoms with Crippen LogP contribution in [0.3, 0.4) is 0 Å². The molecule has 0 atom stereocenters. The van der Waals surface area contributed by atoms with Gasteiger partial charge in [0, 0.05) is 98.5 Å². The van der Waals surface area contributed by atoms with E-state index in [4.69, 9.17) is 8.83 Å². The summed E-state index contributed by atoms with van der Waals surface area (Å²) in [5.41, 5.74) is 23.8. The minimum absolute atomic E-state index is 0.852. The van der Waals surface area contributed by atoms with Gasteiger partial charge in [-0.3, -0.25) is 0 Å². The number of benzene rings is 13. The Morgan fingerprint density at radius 1 is 0.279 bits per heavy atom. The van der Waals surface area contributed by atoms with Gasteiger partial charge in [0.2, 0.25) is 0 Å². The Hall–Kier alpha value is -11.3. The molecular weight excluding hydrogens is 1050 g/mol. The second-order valence-corrected chi connectivity index (χ2v) is 23.3. The van der Waals surface area contributed by atoms with Crippen molar-refractivity contribution in [3.05, 3.63) is 278 Å². The highest BCUT2D eigenvalue weighted by molar-refractivity contribution is 6.38. The van der Waals surface area contributed by atoms with Crippen LogP contribution in [0, 0.1) is 13.8 Å². The van der Waals surface area contributed by atoms with Crippen LogP contribution in [0.25, 0.3) is 142 Å². The van der Waals surface area contributed by atoms with Gasteiger partial charge < -0.3 is 27.4 Å². The highest BCUT2D eigenvalue weighted by Crippen LogP contribution is 2.55. The molecule has 86 heavy (non-hydrogen) atoms. The molecule has 19 rings (SSSR count). The molecule has 0 aliphatic heterocycles. The fourth-order valence-corrected chi connectivity index (χ4v) is 14.8. The van der Waals surface area contributed by atoms with E-state index in [0.717, 1.165) is 100 Å². The number of fused-ring (bicyclic) bond motifs is 18. The maximum atomic E-state index is 6.83. The van der Waals surface area contributed by atoms with Crippen molar-refractivity contribution >= 4 is 154 Å². The first kappa shape index (κ1) is 47.2. The molecule has 0 saturated heterocycles. The molecule has 0 aliphatic carbocycles. The number of nitrogens with zero attached hydrogens (tertiary/aromatic N) is 4. The Balaban J connectivity index is 0.953. The second kappa shape index (κ2) is 17.6. The van der Waals surface area contributed by atoms with Crippen molar-refractivity contribution in [1.82, 2.24) is 8.80 Å². The monoisotopic (exact) mass is 1100 g/mol. The van der Waals surface area contributed by atoms with Gasteiger partial charge in [0.25, 0.3) is 0 Å². The summed E-state index contributed by atoms with van der Waals surface area (Å²) in [6, 6.07) is 97.8. The van der Waals surface area contributed by atoms with Crippen molar-refractivity contribution in [2.45, 2.75) is 13.8 Å². The largest absolute Gasteiger partial charge is 0.454 e. The van der Waals surface area contributed by atoms with Crippen molar-refractivity contribution in [3.63, 3.8) is 0 Å². The van der Waals surface area contributed by atoms with E-state index in [9.17, 15) is 0 Å². The number of anilines is 6. The zero-order valence-corrected chi connectivity index (χ0v) is 47.0. The van der Waals surface area contributed by atoms with Crippen LogP contribution in [0.1, 0.15) is 11.1 Å². The summed E-state index contributed by atoms with van der Waals surface area (Å²) in [6.07, 6.45) is 0. The third kappa shape index (κ3) is 6.44. The van der Waals surface area contributed by atoms with E-state index < -0.39 is 0 Å². The Morgan fingerprint density at radius 3 is 1.08 bits per heavy atom. The lowest BCUT2D eigenvalue weighted by atomic mass is 9.89. The Morgan fingerprint density at radius 2 is 0.640 bits per heavy atom. The number of rotatable bonds is 8. The molecule has 0 fully saturated rings. The molecule has 0 bridgehead atoms. The summed E-state index contributed by atoms with van der Waals surface area (Å²) in [7, 11) is 0. The molecule has 0 unspecified atom stereocenters. The lowest BCUT2D eigenvalue weighted by molar-refractivity contribution is 0.668. The van der Waals surface area contributed by atoms with E-state index in [0.29, 0.717) is 0 Å². The van der Waals surface area contributed by atoms with Crippen molar-refractivity contribution in [3.8, 4) is 22.3 Å². The summed E-state index contributed by atoms with van der Waals surface area (Å²) in [5.74, 6) is 0. The predicted octanol–water partition coefficient (Wildman–Crippen LogP) is 22.7. The zero-order valence-electron chi connectivity index (χ0n) is 47.0. The topological polar surface area (TPSA) is 41.6 Å². The third-order valence-electron chi connectivity index (χ3n) is 18.5. The first-order valence-corrected chi connectivity index (χ1v) is 29.6. The van der Waals surface area contributed by atoms with Crippen LogP contribution in [0.4, 0.5) is 34.1 Å². The lowest BCUT2D eigenvalue weighted by Crippen LogP contribution is -2.10. The van der Waals surface area contributed by atoms with Crippen molar-refractivity contribution in [1.29, 1.82) is 0 Å². The van der Waals surface area contributed by atoms with Gasteiger partial charge in [-0.05, 0) is 97.8 Å². The van der Waals surface area contributed by atoms with Crippen LogP contribution in [-0.4, -0.2) is 8.80 Å². The van der Waals surface area contributed by atoms with E-state index in [1.165, 1.54) is 87.4 Å². The number of hydrogen-bond donors (Lipinski definition) is 0. The van der Waals surface area contributed by atoms with Crippen molar-refractivity contribution in [2.75, 3.05) is 9.80 Å². The standard InChI is InChI=1S/C80H50N4O2/c1-47-33-37-51(38-34-47)81(65-29-15-25-61-57-21-9-11-31-69(57)85-79(61)65)53-41-43-55-59-23-13-27-63-73-72(50-19-7-4-8-20-50)78-74(71(49-17-5-3-6-18-49)77(73)83(75(59)63)67(55)45-53)64-28-14-24-60-56-44-42-54(46-68(56)84(78)76(60)64)82(52-39-35-48(2)36-40-52)66-30-16-26-62-58-22-10-12-32-70(58)86-80(62)66/h3-46H,1-2H3. The number of hydrogen-bond acceptors (Lipinski definition) is 4. The molecule has 0 saturated carbocycles. The van der Waals surface area contributed by atoms with Crippen molar-refractivity contribution in [2.24, 2.45) is 0 Å². The first-order valence-electron chi connectivity index (χ1n) is 29.6. The molecule has 13 aromatic carbocycles. The molecule has 19 aromatic rings.